The van der Waals surface area contributed by atoms with Crippen molar-refractivity contribution in [2.45, 2.75) is 29.8 Å². The van der Waals surface area contributed by atoms with E-state index in [0.717, 1.165) is 28.6 Å². The van der Waals surface area contributed by atoms with E-state index in [-0.39, 0.29) is 32.8 Å². The standard InChI is InChI=1S/C19H15ClF5N5O2S/c1-18(19(23,24)25)8-29(11-7-26-14-6-13(20)28-30(14)15(11)18)17(31)27-9-3-4-12(33(2)32)10(5-9)16(21)22/h3-7,16H,8H2,1-2H3,(H,27,31)/t18-,33-/m1/s1. The summed E-state index contributed by atoms with van der Waals surface area (Å²) in [6, 6.07) is 3.64. The van der Waals surface area contributed by atoms with E-state index in [1.165, 1.54) is 24.5 Å². The van der Waals surface area contributed by atoms with Gasteiger partial charge < -0.3 is 5.32 Å². The van der Waals surface area contributed by atoms with Crippen LogP contribution in [0.15, 0.2) is 35.4 Å². The third-order valence-corrected chi connectivity index (χ3v) is 6.57. The van der Waals surface area contributed by atoms with Crippen molar-refractivity contribution in [3.63, 3.8) is 0 Å². The van der Waals surface area contributed by atoms with Crippen molar-refractivity contribution in [3.8, 4) is 0 Å². The predicted octanol–water partition coefficient (Wildman–Crippen LogP) is 4.93. The molecule has 1 aromatic carbocycles. The first-order valence-corrected chi connectivity index (χ1v) is 11.2. The number of urea groups is 1. The van der Waals surface area contributed by atoms with E-state index in [2.05, 4.69) is 15.4 Å². The van der Waals surface area contributed by atoms with E-state index in [1.807, 2.05) is 0 Å². The Kier molecular flexibility index (Phi) is 5.60. The maximum atomic E-state index is 14.1. The van der Waals surface area contributed by atoms with Gasteiger partial charge in [-0.25, -0.2) is 23.1 Å². The third-order valence-electron chi connectivity index (χ3n) is 5.40. The van der Waals surface area contributed by atoms with E-state index >= 15 is 0 Å². The predicted molar refractivity (Wildman–Crippen MR) is 112 cm³/mol. The number of hydrogen-bond acceptors (Lipinski definition) is 4. The number of alkyl halides is 5. The highest BCUT2D eigenvalue weighted by Crippen LogP contribution is 2.50. The molecule has 0 aliphatic carbocycles. The Morgan fingerprint density at radius 2 is 2.00 bits per heavy atom. The molecule has 0 unspecified atom stereocenters. The van der Waals surface area contributed by atoms with E-state index in [9.17, 15) is 31.0 Å². The SMILES string of the molecule is C[S@@](=O)c1ccc(NC(=O)N2C[C@@](C)(C(F)(F)F)c3c2cnc2cc(Cl)nn32)cc1C(F)F. The summed E-state index contributed by atoms with van der Waals surface area (Å²) in [5, 5.41) is 6.14. The molecule has 7 nitrogen and oxygen atoms in total. The minimum atomic E-state index is -4.76. The molecule has 0 fully saturated rings. The fraction of sp³-hybridized carbons (Fsp3) is 0.316. The lowest BCUT2D eigenvalue weighted by molar-refractivity contribution is -0.181. The quantitative estimate of drug-likeness (QED) is 0.510. The Labute approximate surface area is 191 Å². The normalized spacial score (nSPS) is 19.2. The molecule has 4 rings (SSSR count). The molecule has 3 heterocycles. The zero-order valence-corrected chi connectivity index (χ0v) is 18.5. The first kappa shape index (κ1) is 23.4. The van der Waals surface area contributed by atoms with Gasteiger partial charge in [0, 0.05) is 35.0 Å². The minimum Gasteiger partial charge on any atom is -0.308 e. The van der Waals surface area contributed by atoms with Crippen LogP contribution in [0.2, 0.25) is 5.15 Å². The van der Waals surface area contributed by atoms with Crippen LogP contribution in [0.5, 0.6) is 0 Å². The number of fused-ring (bicyclic) bond motifs is 3. The van der Waals surface area contributed by atoms with Gasteiger partial charge in [0.1, 0.15) is 5.41 Å². The van der Waals surface area contributed by atoms with Gasteiger partial charge in [-0.3, -0.25) is 9.11 Å². The lowest BCUT2D eigenvalue weighted by Crippen LogP contribution is -2.46. The third kappa shape index (κ3) is 3.82. The van der Waals surface area contributed by atoms with Crippen LogP contribution >= 0.6 is 11.6 Å². The van der Waals surface area contributed by atoms with Crippen molar-refractivity contribution in [2.24, 2.45) is 0 Å². The van der Waals surface area contributed by atoms with Crippen molar-refractivity contribution >= 4 is 45.5 Å². The average Bonchev–Trinajstić information content (AvgIpc) is 3.24. The van der Waals surface area contributed by atoms with Gasteiger partial charge >= 0.3 is 12.2 Å². The summed E-state index contributed by atoms with van der Waals surface area (Å²) in [4.78, 5) is 17.7. The number of rotatable bonds is 3. The monoisotopic (exact) mass is 507 g/mol. The molecule has 0 radical (unpaired) electrons. The molecule has 3 aromatic rings. The summed E-state index contributed by atoms with van der Waals surface area (Å²) in [5.41, 5.74) is -3.56. The number of carbonyl (C=O) groups excluding carboxylic acids is 1. The fourth-order valence-electron chi connectivity index (χ4n) is 3.74. The van der Waals surface area contributed by atoms with Gasteiger partial charge in [-0.2, -0.15) is 18.3 Å². The van der Waals surface area contributed by atoms with Crippen LogP contribution in [0.25, 0.3) is 5.65 Å². The van der Waals surface area contributed by atoms with Gasteiger partial charge in [0.2, 0.25) is 0 Å². The van der Waals surface area contributed by atoms with E-state index in [4.69, 9.17) is 11.6 Å². The number of nitrogens with zero attached hydrogens (tertiary/aromatic N) is 4. The summed E-state index contributed by atoms with van der Waals surface area (Å²) in [6.07, 6.45) is -5.40. The van der Waals surface area contributed by atoms with Crippen LogP contribution in [0, 0.1) is 0 Å². The van der Waals surface area contributed by atoms with E-state index < -0.39 is 47.0 Å². The molecule has 1 aliphatic heterocycles. The van der Waals surface area contributed by atoms with E-state index in [0.29, 0.717) is 0 Å². The molecule has 2 atom stereocenters. The van der Waals surface area contributed by atoms with Gasteiger partial charge in [-0.15, -0.1) is 0 Å². The molecule has 2 amide bonds. The van der Waals surface area contributed by atoms with Crippen molar-refractivity contribution in [1.82, 2.24) is 14.6 Å². The summed E-state index contributed by atoms with van der Waals surface area (Å²) in [7, 11) is -1.70. The molecular weight excluding hydrogens is 493 g/mol. The highest BCUT2D eigenvalue weighted by atomic mass is 35.5. The number of halogens is 6. The molecule has 0 saturated carbocycles. The Bertz CT molecular complexity index is 1300. The van der Waals surface area contributed by atoms with Crippen LogP contribution in [-0.2, 0) is 16.2 Å². The van der Waals surface area contributed by atoms with Gasteiger partial charge in [-0.1, -0.05) is 11.6 Å². The number of aromatic nitrogens is 3. The molecular formula is C19H15ClF5N5O2S. The Hall–Kier alpha value is -2.80. The topological polar surface area (TPSA) is 79.6 Å². The van der Waals surface area contributed by atoms with Gasteiger partial charge in [0.15, 0.2) is 10.8 Å². The number of carbonyl (C=O) groups is 1. The van der Waals surface area contributed by atoms with Gasteiger partial charge in [-0.05, 0) is 25.1 Å². The van der Waals surface area contributed by atoms with Crippen LogP contribution in [0.4, 0.5) is 38.1 Å². The second kappa shape index (κ2) is 7.90. The first-order valence-electron chi connectivity index (χ1n) is 9.29. The largest absolute Gasteiger partial charge is 0.401 e. The first-order chi connectivity index (χ1) is 15.3. The molecule has 176 valence electrons. The van der Waals surface area contributed by atoms with E-state index in [1.54, 1.807) is 0 Å². The second-order valence-corrected chi connectivity index (χ2v) is 9.32. The second-order valence-electron chi connectivity index (χ2n) is 7.58. The Morgan fingerprint density at radius 3 is 2.61 bits per heavy atom. The number of nitrogens with one attached hydrogen (secondary N) is 1. The molecule has 2 aromatic heterocycles. The van der Waals surface area contributed by atoms with Crippen LogP contribution < -0.4 is 10.2 Å². The Morgan fingerprint density at radius 1 is 1.30 bits per heavy atom. The molecule has 33 heavy (non-hydrogen) atoms. The van der Waals surface area contributed by atoms with Gasteiger partial charge in [0.25, 0.3) is 6.43 Å². The molecule has 0 spiro atoms. The average molecular weight is 508 g/mol. The fourth-order valence-corrected chi connectivity index (χ4v) is 4.65. The smallest absolute Gasteiger partial charge is 0.308 e. The number of hydrogen-bond donors (Lipinski definition) is 1. The van der Waals surface area contributed by atoms with Crippen molar-refractivity contribution in [3.05, 3.63) is 46.9 Å². The maximum Gasteiger partial charge on any atom is 0.401 e. The summed E-state index contributed by atoms with van der Waals surface area (Å²) >= 11 is 5.84. The highest BCUT2D eigenvalue weighted by molar-refractivity contribution is 7.84. The summed E-state index contributed by atoms with van der Waals surface area (Å²) < 4.78 is 81.7. The van der Waals surface area contributed by atoms with Crippen molar-refractivity contribution < 1.29 is 31.0 Å². The lowest BCUT2D eigenvalue weighted by Gasteiger charge is -2.28. The van der Waals surface area contributed by atoms with Crippen LogP contribution in [0.1, 0.15) is 24.6 Å². The number of benzene rings is 1. The minimum absolute atomic E-state index is 0.0706. The summed E-state index contributed by atoms with van der Waals surface area (Å²) in [6.45, 7) is 0.128. The number of amides is 2. The van der Waals surface area contributed by atoms with Gasteiger partial charge in [0.05, 0.1) is 28.4 Å². The molecule has 14 heteroatoms. The van der Waals surface area contributed by atoms with Crippen molar-refractivity contribution in [2.75, 3.05) is 23.0 Å². The van der Waals surface area contributed by atoms with Crippen molar-refractivity contribution in [1.29, 1.82) is 0 Å². The lowest BCUT2D eigenvalue weighted by atomic mass is 9.88. The zero-order chi connectivity index (χ0) is 24.3. The molecule has 0 saturated heterocycles. The Balaban J connectivity index is 1.76. The van der Waals surface area contributed by atoms with Crippen LogP contribution in [0.3, 0.4) is 0 Å². The highest BCUT2D eigenvalue weighted by Gasteiger charge is 2.60. The molecule has 0 bridgehead atoms. The number of anilines is 2. The van der Waals surface area contributed by atoms with Crippen LogP contribution in [-0.4, -0.2) is 43.8 Å². The molecule has 1 aliphatic rings. The summed E-state index contributed by atoms with van der Waals surface area (Å²) in [5.74, 6) is 0. The maximum absolute atomic E-state index is 14.1. The molecule has 1 N–H and O–H groups in total. The zero-order valence-electron chi connectivity index (χ0n) is 17.0.